The number of carbonyl (C=O) groups is 1. The number of rotatable bonds is 11. The van der Waals surface area contributed by atoms with Gasteiger partial charge in [-0.25, -0.2) is 0 Å². The third-order valence-electron chi connectivity index (χ3n) is 4.37. The summed E-state index contributed by atoms with van der Waals surface area (Å²) in [5, 5.41) is 3.45. The van der Waals surface area contributed by atoms with Crippen LogP contribution in [0.3, 0.4) is 0 Å². The Bertz CT molecular complexity index is 783. The maximum atomic E-state index is 12.5. The van der Waals surface area contributed by atoms with E-state index in [4.69, 9.17) is 9.47 Å². The number of nitrogens with zero attached hydrogens (tertiary/aromatic N) is 1. The summed E-state index contributed by atoms with van der Waals surface area (Å²) in [6, 6.07) is 13.4. The summed E-state index contributed by atoms with van der Waals surface area (Å²) in [4.78, 5) is 14.7. The predicted octanol–water partition coefficient (Wildman–Crippen LogP) is 3.64. The highest BCUT2D eigenvalue weighted by atomic mass is 16.5. The maximum Gasteiger partial charge on any atom is 0.189 e. The quantitative estimate of drug-likeness (QED) is 0.365. The van der Waals surface area contributed by atoms with Crippen molar-refractivity contribution in [1.82, 2.24) is 10.2 Å². The van der Waals surface area contributed by atoms with Crippen LogP contribution in [0.15, 0.2) is 48.5 Å². The number of allylic oxidation sites excluding steroid dienone is 1. The Balaban J connectivity index is 1.93. The first-order valence-corrected chi connectivity index (χ1v) is 9.42. The standard InChI is InChI=1S/C23H30N2O3/c1-25(2)15-5-14-24-17-19-8-6-18(7-9-19)10-12-22(26)21-16-20(27-3)11-13-23(21)28-4/h6-13,16,24H,5,14-15,17H2,1-4H3. The van der Waals surface area contributed by atoms with Crippen LogP contribution in [0, 0.1) is 0 Å². The minimum absolute atomic E-state index is 0.123. The van der Waals surface area contributed by atoms with Crippen LogP contribution < -0.4 is 14.8 Å². The minimum Gasteiger partial charge on any atom is -0.497 e. The zero-order valence-corrected chi connectivity index (χ0v) is 17.2. The lowest BCUT2D eigenvalue weighted by Crippen LogP contribution is -2.20. The van der Waals surface area contributed by atoms with Gasteiger partial charge in [-0.05, 0) is 69.0 Å². The fourth-order valence-electron chi connectivity index (χ4n) is 2.77. The van der Waals surface area contributed by atoms with Gasteiger partial charge >= 0.3 is 0 Å². The number of benzene rings is 2. The van der Waals surface area contributed by atoms with Gasteiger partial charge in [-0.1, -0.05) is 30.3 Å². The summed E-state index contributed by atoms with van der Waals surface area (Å²) < 4.78 is 10.5. The summed E-state index contributed by atoms with van der Waals surface area (Å²) in [7, 11) is 7.29. The van der Waals surface area contributed by atoms with Gasteiger partial charge in [0.1, 0.15) is 11.5 Å². The Labute approximate surface area is 168 Å². The lowest BCUT2D eigenvalue weighted by atomic mass is 10.1. The molecule has 2 aromatic carbocycles. The Morgan fingerprint density at radius 1 is 1.07 bits per heavy atom. The van der Waals surface area contributed by atoms with Crippen molar-refractivity contribution in [3.8, 4) is 11.5 Å². The molecule has 0 fully saturated rings. The predicted molar refractivity (Wildman–Crippen MR) is 114 cm³/mol. The van der Waals surface area contributed by atoms with Crippen LogP contribution in [0.5, 0.6) is 11.5 Å². The second kappa shape index (κ2) is 11.3. The summed E-state index contributed by atoms with van der Waals surface area (Å²) in [6.45, 7) is 2.93. The third kappa shape index (κ3) is 6.83. The maximum absolute atomic E-state index is 12.5. The Morgan fingerprint density at radius 3 is 2.46 bits per heavy atom. The number of hydrogen-bond donors (Lipinski definition) is 1. The second-order valence-corrected chi connectivity index (χ2v) is 6.84. The third-order valence-corrected chi connectivity index (χ3v) is 4.37. The second-order valence-electron chi connectivity index (χ2n) is 6.84. The van der Waals surface area contributed by atoms with Crippen molar-refractivity contribution in [3.05, 3.63) is 65.2 Å². The highest BCUT2D eigenvalue weighted by Gasteiger charge is 2.11. The topological polar surface area (TPSA) is 50.8 Å². The highest BCUT2D eigenvalue weighted by Crippen LogP contribution is 2.24. The number of hydrogen-bond acceptors (Lipinski definition) is 5. The number of ether oxygens (including phenoxy) is 2. The number of nitrogens with one attached hydrogen (secondary N) is 1. The van der Waals surface area contributed by atoms with Gasteiger partial charge in [0.15, 0.2) is 5.78 Å². The van der Waals surface area contributed by atoms with Crippen molar-refractivity contribution in [1.29, 1.82) is 0 Å². The Hall–Kier alpha value is -2.63. The molecule has 0 spiro atoms. The number of ketones is 1. The molecule has 0 aliphatic heterocycles. The van der Waals surface area contributed by atoms with Crippen LogP contribution in [0.2, 0.25) is 0 Å². The van der Waals surface area contributed by atoms with Gasteiger partial charge in [0.25, 0.3) is 0 Å². The molecule has 5 nitrogen and oxygen atoms in total. The van der Waals surface area contributed by atoms with E-state index in [1.807, 2.05) is 18.2 Å². The fraction of sp³-hybridized carbons (Fsp3) is 0.348. The number of methoxy groups -OCH3 is 2. The summed E-state index contributed by atoms with van der Waals surface area (Å²) in [6.07, 6.45) is 4.50. The van der Waals surface area contributed by atoms with Crippen LogP contribution in [-0.2, 0) is 6.54 Å². The molecule has 0 heterocycles. The fourth-order valence-corrected chi connectivity index (χ4v) is 2.77. The zero-order valence-electron chi connectivity index (χ0n) is 17.2. The molecule has 5 heteroatoms. The molecule has 0 radical (unpaired) electrons. The molecule has 0 aliphatic carbocycles. The van der Waals surface area contributed by atoms with E-state index >= 15 is 0 Å². The van der Waals surface area contributed by atoms with E-state index in [1.165, 1.54) is 5.56 Å². The van der Waals surface area contributed by atoms with Gasteiger partial charge in [-0.3, -0.25) is 4.79 Å². The van der Waals surface area contributed by atoms with Gasteiger partial charge in [0.05, 0.1) is 19.8 Å². The van der Waals surface area contributed by atoms with Gasteiger partial charge < -0.3 is 19.7 Å². The molecule has 28 heavy (non-hydrogen) atoms. The molecule has 0 saturated carbocycles. The van der Waals surface area contributed by atoms with Crippen molar-refractivity contribution in [2.75, 3.05) is 41.4 Å². The van der Waals surface area contributed by atoms with Gasteiger partial charge in [0.2, 0.25) is 0 Å². The smallest absolute Gasteiger partial charge is 0.189 e. The molecular weight excluding hydrogens is 352 g/mol. The first-order chi connectivity index (χ1) is 13.5. The molecule has 0 amide bonds. The lowest BCUT2D eigenvalue weighted by molar-refractivity contribution is 0.104. The minimum atomic E-state index is -0.123. The lowest BCUT2D eigenvalue weighted by Gasteiger charge is -2.10. The SMILES string of the molecule is COc1ccc(OC)c(C(=O)C=Cc2ccc(CNCCCN(C)C)cc2)c1. The molecule has 0 aliphatic rings. The van der Waals surface area contributed by atoms with Crippen LogP contribution >= 0.6 is 0 Å². The van der Waals surface area contributed by atoms with Crippen molar-refractivity contribution in [2.45, 2.75) is 13.0 Å². The van der Waals surface area contributed by atoms with E-state index in [1.54, 1.807) is 38.5 Å². The molecule has 0 atom stereocenters. The first-order valence-electron chi connectivity index (χ1n) is 9.42. The van der Waals surface area contributed by atoms with Crippen molar-refractivity contribution < 1.29 is 14.3 Å². The summed E-state index contributed by atoms with van der Waals surface area (Å²) in [5.41, 5.74) is 2.69. The van der Waals surface area contributed by atoms with E-state index in [0.717, 1.165) is 31.6 Å². The van der Waals surface area contributed by atoms with Crippen molar-refractivity contribution in [3.63, 3.8) is 0 Å². The molecule has 0 saturated heterocycles. The highest BCUT2D eigenvalue weighted by molar-refractivity contribution is 6.08. The summed E-state index contributed by atoms with van der Waals surface area (Å²) in [5.74, 6) is 1.04. The van der Waals surface area contributed by atoms with Crippen LogP contribution in [-0.4, -0.2) is 52.1 Å². The molecule has 150 valence electrons. The average molecular weight is 383 g/mol. The van der Waals surface area contributed by atoms with Crippen molar-refractivity contribution >= 4 is 11.9 Å². The van der Waals surface area contributed by atoms with Gasteiger partial charge in [-0.2, -0.15) is 0 Å². The summed E-state index contributed by atoms with van der Waals surface area (Å²) >= 11 is 0. The van der Waals surface area contributed by atoms with Crippen LogP contribution in [0.1, 0.15) is 27.9 Å². The monoisotopic (exact) mass is 382 g/mol. The van der Waals surface area contributed by atoms with Crippen LogP contribution in [0.25, 0.3) is 6.08 Å². The Kier molecular flexibility index (Phi) is 8.72. The van der Waals surface area contributed by atoms with E-state index in [-0.39, 0.29) is 5.78 Å². The molecule has 0 bridgehead atoms. The largest absolute Gasteiger partial charge is 0.497 e. The molecule has 1 N–H and O–H groups in total. The van der Waals surface area contributed by atoms with E-state index < -0.39 is 0 Å². The van der Waals surface area contributed by atoms with E-state index in [2.05, 4.69) is 36.4 Å². The Morgan fingerprint density at radius 2 is 1.82 bits per heavy atom. The van der Waals surface area contributed by atoms with Gasteiger partial charge in [-0.15, -0.1) is 0 Å². The van der Waals surface area contributed by atoms with E-state index in [9.17, 15) is 4.79 Å². The normalized spacial score (nSPS) is 11.2. The first kappa shape index (κ1) is 21.7. The van der Waals surface area contributed by atoms with E-state index in [0.29, 0.717) is 17.1 Å². The molecule has 0 unspecified atom stereocenters. The number of carbonyl (C=O) groups excluding carboxylic acids is 1. The van der Waals surface area contributed by atoms with Crippen molar-refractivity contribution in [2.24, 2.45) is 0 Å². The zero-order chi connectivity index (χ0) is 20.4. The van der Waals surface area contributed by atoms with Gasteiger partial charge in [0, 0.05) is 6.54 Å². The molecule has 2 aromatic rings. The molecule has 0 aromatic heterocycles. The molecule has 2 rings (SSSR count). The average Bonchev–Trinajstić information content (AvgIpc) is 2.71. The van der Waals surface area contributed by atoms with Crippen LogP contribution in [0.4, 0.5) is 0 Å². The molecular formula is C23H30N2O3.